The summed E-state index contributed by atoms with van der Waals surface area (Å²) in [7, 11) is 5.01. The number of aliphatic imine (C=N–C) groups is 1. The fourth-order valence-corrected chi connectivity index (χ4v) is 3.41. The first-order valence-corrected chi connectivity index (χ1v) is 9.85. The van der Waals surface area contributed by atoms with Gasteiger partial charge in [-0.3, -0.25) is 4.99 Å². The lowest BCUT2D eigenvalue weighted by Crippen LogP contribution is -2.31. The molecule has 0 spiro atoms. The molecule has 29 heavy (non-hydrogen) atoms. The number of hydrogen-bond acceptors (Lipinski definition) is 5. The number of nitrogens with one attached hydrogen (secondary N) is 2. The van der Waals surface area contributed by atoms with Gasteiger partial charge in [-0.15, -0.1) is 34.2 Å². The molecule has 2 N–H and O–H groups in total. The molecule has 0 saturated heterocycles. The van der Waals surface area contributed by atoms with Gasteiger partial charge in [0.25, 0.3) is 0 Å². The quantitative estimate of drug-likeness (QED) is 0.256. The van der Waals surface area contributed by atoms with Crippen LogP contribution in [0, 0.1) is 0 Å². The van der Waals surface area contributed by atoms with Gasteiger partial charge in [0.2, 0.25) is 0 Å². The Kier molecular flexibility index (Phi) is 9.49. The van der Waals surface area contributed by atoms with E-state index >= 15 is 0 Å². The summed E-state index contributed by atoms with van der Waals surface area (Å²) in [5, 5.41) is 15.4. The number of hydrogen-bond donors (Lipinski definition) is 2. The third-order valence-electron chi connectivity index (χ3n) is 4.93. The van der Waals surface area contributed by atoms with Gasteiger partial charge in [0.05, 0.1) is 14.2 Å². The van der Waals surface area contributed by atoms with E-state index in [1.807, 2.05) is 18.2 Å². The van der Waals surface area contributed by atoms with E-state index in [-0.39, 0.29) is 24.0 Å². The predicted octanol–water partition coefficient (Wildman–Crippen LogP) is 3.26. The van der Waals surface area contributed by atoms with Crippen LogP contribution in [0.2, 0.25) is 0 Å². The molecule has 1 aromatic carbocycles. The number of benzene rings is 1. The van der Waals surface area contributed by atoms with Gasteiger partial charge in [0.1, 0.15) is 11.6 Å². The third-order valence-corrected chi connectivity index (χ3v) is 4.93. The number of rotatable bonds is 7. The van der Waals surface area contributed by atoms with Crippen molar-refractivity contribution in [3.63, 3.8) is 0 Å². The second-order valence-corrected chi connectivity index (χ2v) is 6.79. The van der Waals surface area contributed by atoms with E-state index in [0.717, 1.165) is 49.7 Å². The topological polar surface area (TPSA) is 85.6 Å². The Morgan fingerprint density at radius 1 is 1.14 bits per heavy atom. The van der Waals surface area contributed by atoms with Crippen molar-refractivity contribution < 1.29 is 9.47 Å². The van der Waals surface area contributed by atoms with Crippen LogP contribution < -0.4 is 20.1 Å². The third kappa shape index (κ3) is 6.22. The number of guanidine groups is 1. The lowest BCUT2D eigenvalue weighted by molar-refractivity contribution is 0.355. The summed E-state index contributed by atoms with van der Waals surface area (Å²) in [6, 6.07) is 5.68. The first-order valence-electron chi connectivity index (χ1n) is 9.85. The largest absolute Gasteiger partial charge is 0.493 e. The second-order valence-electron chi connectivity index (χ2n) is 6.79. The number of methoxy groups -OCH3 is 2. The normalized spacial score (nSPS) is 13.7. The first kappa shape index (κ1) is 23.2. The minimum atomic E-state index is 0. The van der Waals surface area contributed by atoms with Crippen molar-refractivity contribution in [3.8, 4) is 11.5 Å². The highest BCUT2D eigenvalue weighted by atomic mass is 127. The van der Waals surface area contributed by atoms with Crippen LogP contribution >= 0.6 is 24.0 Å². The van der Waals surface area contributed by atoms with Crippen molar-refractivity contribution in [1.82, 2.24) is 20.1 Å². The lowest BCUT2D eigenvalue weighted by Gasteiger charge is -2.14. The number of halogens is 1. The lowest BCUT2D eigenvalue weighted by atomic mass is 10.2. The van der Waals surface area contributed by atoms with Gasteiger partial charge in [-0.25, -0.2) is 0 Å². The van der Waals surface area contributed by atoms with E-state index in [2.05, 4.69) is 30.4 Å². The molecule has 160 valence electrons. The smallest absolute Gasteiger partial charge is 0.195 e. The molecule has 1 aliphatic rings. The molecule has 0 unspecified atom stereocenters. The molecule has 0 atom stereocenters. The second kappa shape index (κ2) is 11.8. The van der Waals surface area contributed by atoms with E-state index in [1.54, 1.807) is 21.3 Å². The molecule has 0 radical (unpaired) electrons. The fraction of sp³-hybridized carbons (Fsp3) is 0.550. The number of anilines is 1. The first-order chi connectivity index (χ1) is 13.7. The van der Waals surface area contributed by atoms with Gasteiger partial charge < -0.3 is 24.7 Å². The summed E-state index contributed by atoms with van der Waals surface area (Å²) in [5.41, 5.74) is 0.883. The minimum Gasteiger partial charge on any atom is -0.493 e. The molecule has 0 saturated carbocycles. The molecule has 3 rings (SSSR count). The van der Waals surface area contributed by atoms with Gasteiger partial charge in [-0.05, 0) is 31.4 Å². The predicted molar refractivity (Wildman–Crippen MR) is 126 cm³/mol. The molecule has 0 bridgehead atoms. The number of ether oxygens (including phenoxy) is 2. The minimum absolute atomic E-state index is 0. The van der Waals surface area contributed by atoms with Crippen LogP contribution in [-0.4, -0.2) is 48.5 Å². The number of nitrogens with zero attached hydrogens (tertiary/aromatic N) is 4. The summed E-state index contributed by atoms with van der Waals surface area (Å²) in [4.78, 5) is 4.29. The number of aryl methyl sites for hydroxylation is 2. The van der Waals surface area contributed by atoms with E-state index in [9.17, 15) is 0 Å². The van der Waals surface area contributed by atoms with E-state index in [4.69, 9.17) is 9.47 Å². The highest BCUT2D eigenvalue weighted by Crippen LogP contribution is 2.29. The van der Waals surface area contributed by atoms with Crippen molar-refractivity contribution in [2.24, 2.45) is 4.99 Å². The SMILES string of the molecule is CN=C(NCCCc1nnc2n1CCCCC2)Nc1ccc(OC)c(OC)c1.I. The molecule has 1 aliphatic heterocycles. The molecule has 8 nitrogen and oxygen atoms in total. The summed E-state index contributed by atoms with van der Waals surface area (Å²) in [5.74, 6) is 4.33. The Hall–Kier alpha value is -2.04. The summed E-state index contributed by atoms with van der Waals surface area (Å²) in [6.45, 7) is 1.85. The molecule has 0 fully saturated rings. The van der Waals surface area contributed by atoms with Crippen LogP contribution in [0.5, 0.6) is 11.5 Å². The Morgan fingerprint density at radius 2 is 1.97 bits per heavy atom. The van der Waals surface area contributed by atoms with Crippen molar-refractivity contribution in [1.29, 1.82) is 0 Å². The molecule has 0 amide bonds. The summed E-state index contributed by atoms with van der Waals surface area (Å²) in [6.07, 6.45) is 6.64. The van der Waals surface area contributed by atoms with Crippen molar-refractivity contribution in [3.05, 3.63) is 29.8 Å². The Morgan fingerprint density at radius 3 is 2.72 bits per heavy atom. The maximum absolute atomic E-state index is 5.35. The Balaban J connectivity index is 0.00000300. The van der Waals surface area contributed by atoms with Gasteiger partial charge in [-0.1, -0.05) is 6.42 Å². The highest BCUT2D eigenvalue weighted by Gasteiger charge is 2.14. The van der Waals surface area contributed by atoms with Crippen molar-refractivity contribution in [2.45, 2.75) is 45.1 Å². The zero-order chi connectivity index (χ0) is 19.8. The summed E-state index contributed by atoms with van der Waals surface area (Å²) >= 11 is 0. The average Bonchev–Trinajstić information content (AvgIpc) is 2.95. The zero-order valence-electron chi connectivity index (χ0n) is 17.4. The summed E-state index contributed by atoms with van der Waals surface area (Å²) < 4.78 is 12.9. The highest BCUT2D eigenvalue weighted by molar-refractivity contribution is 14.0. The standard InChI is InChI=1S/C20H30N6O2.HI/c1-21-20(23-15-10-11-16(27-2)17(14-15)28-3)22-12-7-9-19-25-24-18-8-5-4-6-13-26(18)19;/h10-11,14H,4-9,12-13H2,1-3H3,(H2,21,22,23);1H. The van der Waals surface area contributed by atoms with Crippen LogP contribution in [0.25, 0.3) is 0 Å². The fourth-order valence-electron chi connectivity index (χ4n) is 3.41. The van der Waals surface area contributed by atoms with Gasteiger partial charge in [0.15, 0.2) is 17.5 Å². The molecule has 9 heteroatoms. The molecular formula is C20H31IN6O2. The van der Waals surface area contributed by atoms with Gasteiger partial charge in [-0.2, -0.15) is 0 Å². The number of aromatic nitrogens is 3. The van der Waals surface area contributed by atoms with Gasteiger partial charge >= 0.3 is 0 Å². The Labute approximate surface area is 189 Å². The van der Waals surface area contributed by atoms with E-state index in [1.165, 1.54) is 19.3 Å². The van der Waals surface area contributed by atoms with Crippen LogP contribution in [0.15, 0.2) is 23.2 Å². The van der Waals surface area contributed by atoms with E-state index in [0.29, 0.717) is 17.5 Å². The molecule has 1 aromatic heterocycles. The van der Waals surface area contributed by atoms with E-state index < -0.39 is 0 Å². The monoisotopic (exact) mass is 514 g/mol. The van der Waals surface area contributed by atoms with Crippen LogP contribution in [0.3, 0.4) is 0 Å². The Bertz CT molecular complexity index is 808. The zero-order valence-corrected chi connectivity index (χ0v) is 19.7. The maximum atomic E-state index is 5.35. The average molecular weight is 514 g/mol. The molecular weight excluding hydrogens is 483 g/mol. The van der Waals surface area contributed by atoms with Gasteiger partial charge in [0, 0.05) is 44.7 Å². The molecule has 2 heterocycles. The van der Waals surface area contributed by atoms with Crippen LogP contribution in [0.1, 0.15) is 37.3 Å². The van der Waals surface area contributed by atoms with Crippen molar-refractivity contribution >= 4 is 35.6 Å². The van der Waals surface area contributed by atoms with Crippen LogP contribution in [-0.2, 0) is 19.4 Å². The maximum Gasteiger partial charge on any atom is 0.195 e. The van der Waals surface area contributed by atoms with Crippen molar-refractivity contribution in [2.75, 3.05) is 33.1 Å². The molecule has 2 aromatic rings. The molecule has 0 aliphatic carbocycles. The number of fused-ring (bicyclic) bond motifs is 1. The van der Waals surface area contributed by atoms with Crippen LogP contribution in [0.4, 0.5) is 5.69 Å².